The number of cyclic esters (lactones) is 1. The molecule has 0 N–H and O–H groups in total. The Morgan fingerprint density at radius 3 is 2.68 bits per heavy atom. The molecule has 2 amide bonds. The first kappa shape index (κ1) is 17.6. The monoisotopic (exact) mass is 348 g/mol. The zero-order chi connectivity index (χ0) is 18.0. The van der Waals surface area contributed by atoms with E-state index in [2.05, 4.69) is 9.97 Å². The molecule has 0 spiro atoms. The molecule has 136 valence electrons. The highest BCUT2D eigenvalue weighted by atomic mass is 16.6. The topological polar surface area (TPSA) is 84.9 Å². The van der Waals surface area contributed by atoms with Crippen LogP contribution in [0, 0.1) is 6.92 Å². The van der Waals surface area contributed by atoms with Gasteiger partial charge in [0.1, 0.15) is 24.4 Å². The van der Waals surface area contributed by atoms with Crippen molar-refractivity contribution in [2.75, 3.05) is 38.3 Å². The number of hydrogen-bond donors (Lipinski definition) is 0. The number of rotatable bonds is 4. The van der Waals surface area contributed by atoms with Crippen LogP contribution >= 0.6 is 0 Å². The number of aryl methyl sites for hydroxylation is 1. The number of aromatic nitrogens is 2. The maximum absolute atomic E-state index is 12.0. The van der Waals surface area contributed by atoms with E-state index in [-0.39, 0.29) is 30.6 Å². The minimum atomic E-state index is -0.364. The van der Waals surface area contributed by atoms with Crippen molar-refractivity contribution in [1.29, 1.82) is 0 Å². The zero-order valence-corrected chi connectivity index (χ0v) is 14.9. The summed E-state index contributed by atoms with van der Waals surface area (Å²) in [6.07, 6.45) is 1.11. The van der Waals surface area contributed by atoms with Crippen molar-refractivity contribution in [3.63, 3.8) is 0 Å². The average molecular weight is 348 g/mol. The zero-order valence-electron chi connectivity index (χ0n) is 14.9. The fourth-order valence-electron chi connectivity index (χ4n) is 3.29. The summed E-state index contributed by atoms with van der Waals surface area (Å²) in [6.45, 7) is 5.71. The van der Waals surface area contributed by atoms with Gasteiger partial charge in [0.05, 0.1) is 6.54 Å². The molecular weight excluding hydrogens is 324 g/mol. The van der Waals surface area contributed by atoms with Crippen LogP contribution < -0.4 is 4.90 Å². The predicted molar refractivity (Wildman–Crippen MR) is 90.5 cm³/mol. The van der Waals surface area contributed by atoms with Crippen LogP contribution in [0.1, 0.15) is 37.2 Å². The summed E-state index contributed by atoms with van der Waals surface area (Å²) in [5, 5.41) is 0. The number of piperidine rings is 1. The third kappa shape index (κ3) is 3.89. The maximum Gasteiger partial charge on any atom is 0.415 e. The Morgan fingerprint density at radius 1 is 1.36 bits per heavy atom. The van der Waals surface area contributed by atoms with Crippen molar-refractivity contribution in [2.45, 2.75) is 38.7 Å². The van der Waals surface area contributed by atoms with E-state index in [1.807, 2.05) is 18.7 Å². The van der Waals surface area contributed by atoms with Gasteiger partial charge in [-0.3, -0.25) is 9.69 Å². The molecule has 0 bridgehead atoms. The molecule has 3 heterocycles. The standard InChI is InChI=1S/C17H24N4O4/c1-11-8-14(21-9-12(2)25-17(21)23)19-16(18-11)13-4-6-20(7-5-13)15(22)10-24-3/h8,12-13H,4-7,9-10H2,1-3H3/t12-/m0/s1. The molecule has 0 saturated carbocycles. The molecule has 3 rings (SSSR count). The number of methoxy groups -OCH3 is 1. The second kappa shape index (κ2) is 7.35. The number of carbonyl (C=O) groups excluding carboxylic acids is 2. The number of carbonyl (C=O) groups is 2. The molecule has 8 nitrogen and oxygen atoms in total. The van der Waals surface area contributed by atoms with Crippen LogP contribution in [0.25, 0.3) is 0 Å². The summed E-state index contributed by atoms with van der Waals surface area (Å²) in [5.41, 5.74) is 0.824. The van der Waals surface area contributed by atoms with E-state index in [1.54, 1.807) is 11.0 Å². The quantitative estimate of drug-likeness (QED) is 0.819. The Bertz CT molecular complexity index is 658. The van der Waals surface area contributed by atoms with Crippen LogP contribution in [0.15, 0.2) is 6.07 Å². The van der Waals surface area contributed by atoms with Gasteiger partial charge in [0.2, 0.25) is 5.91 Å². The lowest BCUT2D eigenvalue weighted by Gasteiger charge is -2.31. The molecule has 2 saturated heterocycles. The minimum Gasteiger partial charge on any atom is -0.444 e. The minimum absolute atomic E-state index is 0.0144. The third-order valence-corrected chi connectivity index (χ3v) is 4.58. The first-order valence-corrected chi connectivity index (χ1v) is 8.58. The summed E-state index contributed by atoms with van der Waals surface area (Å²) in [4.78, 5) is 36.4. The highest BCUT2D eigenvalue weighted by molar-refractivity contribution is 5.88. The fourth-order valence-corrected chi connectivity index (χ4v) is 3.29. The van der Waals surface area contributed by atoms with Crippen LogP contribution in [0.2, 0.25) is 0 Å². The van der Waals surface area contributed by atoms with Gasteiger partial charge in [-0.25, -0.2) is 14.8 Å². The van der Waals surface area contributed by atoms with Crippen LogP contribution in [-0.2, 0) is 14.3 Å². The van der Waals surface area contributed by atoms with E-state index in [0.717, 1.165) is 24.4 Å². The fraction of sp³-hybridized carbons (Fsp3) is 0.647. The third-order valence-electron chi connectivity index (χ3n) is 4.58. The number of amides is 2. The van der Waals surface area contributed by atoms with Crippen molar-refractivity contribution >= 4 is 17.8 Å². The maximum atomic E-state index is 12.0. The molecule has 1 aromatic rings. The number of nitrogens with zero attached hydrogens (tertiary/aromatic N) is 4. The number of hydrogen-bond acceptors (Lipinski definition) is 6. The van der Waals surface area contributed by atoms with E-state index in [9.17, 15) is 9.59 Å². The Kier molecular flexibility index (Phi) is 5.17. The van der Waals surface area contributed by atoms with Gasteiger partial charge in [-0.15, -0.1) is 0 Å². The van der Waals surface area contributed by atoms with Crippen LogP contribution in [0.5, 0.6) is 0 Å². The molecule has 0 aliphatic carbocycles. The van der Waals surface area contributed by atoms with E-state index >= 15 is 0 Å². The average Bonchev–Trinajstić information content (AvgIpc) is 2.93. The molecular formula is C17H24N4O4. The van der Waals surface area contributed by atoms with Gasteiger partial charge in [0.25, 0.3) is 0 Å². The van der Waals surface area contributed by atoms with Crippen molar-refractivity contribution in [3.8, 4) is 0 Å². The molecule has 25 heavy (non-hydrogen) atoms. The molecule has 1 aromatic heterocycles. The van der Waals surface area contributed by atoms with E-state index in [0.29, 0.717) is 25.5 Å². The number of likely N-dealkylation sites (tertiary alicyclic amines) is 1. The molecule has 2 aliphatic heterocycles. The summed E-state index contributed by atoms with van der Waals surface area (Å²) < 4.78 is 10.1. The normalized spacial score (nSPS) is 21.6. The lowest BCUT2D eigenvalue weighted by molar-refractivity contribution is -0.136. The Labute approximate surface area is 147 Å². The Morgan fingerprint density at radius 2 is 2.08 bits per heavy atom. The lowest BCUT2D eigenvalue weighted by atomic mass is 9.95. The smallest absolute Gasteiger partial charge is 0.415 e. The van der Waals surface area contributed by atoms with Crippen molar-refractivity contribution in [1.82, 2.24) is 14.9 Å². The lowest BCUT2D eigenvalue weighted by Crippen LogP contribution is -2.40. The second-order valence-electron chi connectivity index (χ2n) is 6.62. The first-order chi connectivity index (χ1) is 12.0. The van der Waals surface area contributed by atoms with Gasteiger partial charge in [-0.1, -0.05) is 0 Å². The van der Waals surface area contributed by atoms with Gasteiger partial charge < -0.3 is 14.4 Å². The molecule has 0 unspecified atom stereocenters. The Hall–Kier alpha value is -2.22. The van der Waals surface area contributed by atoms with Crippen LogP contribution in [0.4, 0.5) is 10.6 Å². The summed E-state index contributed by atoms with van der Waals surface area (Å²) in [7, 11) is 1.52. The summed E-state index contributed by atoms with van der Waals surface area (Å²) >= 11 is 0. The summed E-state index contributed by atoms with van der Waals surface area (Å²) in [6, 6.07) is 1.81. The van der Waals surface area contributed by atoms with Crippen LogP contribution in [-0.4, -0.2) is 66.3 Å². The molecule has 2 aliphatic rings. The predicted octanol–water partition coefficient (Wildman–Crippen LogP) is 1.48. The van der Waals surface area contributed by atoms with Gasteiger partial charge >= 0.3 is 6.09 Å². The van der Waals surface area contributed by atoms with Crippen molar-refractivity contribution in [2.24, 2.45) is 0 Å². The molecule has 1 atom stereocenters. The first-order valence-electron chi connectivity index (χ1n) is 8.58. The highest BCUT2D eigenvalue weighted by Crippen LogP contribution is 2.28. The van der Waals surface area contributed by atoms with E-state index in [1.165, 1.54) is 7.11 Å². The van der Waals surface area contributed by atoms with Crippen LogP contribution in [0.3, 0.4) is 0 Å². The second-order valence-corrected chi connectivity index (χ2v) is 6.62. The molecule has 0 radical (unpaired) electrons. The SMILES string of the molecule is COCC(=O)N1CCC(c2nc(C)cc(N3C[C@H](C)OC3=O)n2)CC1. The number of anilines is 1. The van der Waals surface area contributed by atoms with Gasteiger partial charge in [-0.2, -0.15) is 0 Å². The Balaban J connectivity index is 1.71. The van der Waals surface area contributed by atoms with E-state index in [4.69, 9.17) is 9.47 Å². The molecule has 8 heteroatoms. The summed E-state index contributed by atoms with van der Waals surface area (Å²) in [5.74, 6) is 1.53. The number of ether oxygens (including phenoxy) is 2. The van der Waals surface area contributed by atoms with E-state index < -0.39 is 0 Å². The van der Waals surface area contributed by atoms with Crippen molar-refractivity contribution in [3.05, 3.63) is 17.6 Å². The highest BCUT2D eigenvalue weighted by Gasteiger charge is 2.32. The molecule has 2 fully saturated rings. The van der Waals surface area contributed by atoms with Gasteiger partial charge in [0.15, 0.2) is 0 Å². The molecule has 0 aromatic carbocycles. The largest absolute Gasteiger partial charge is 0.444 e. The van der Waals surface area contributed by atoms with Crippen molar-refractivity contribution < 1.29 is 19.1 Å². The van der Waals surface area contributed by atoms with Gasteiger partial charge in [0, 0.05) is 37.9 Å². The van der Waals surface area contributed by atoms with Gasteiger partial charge in [-0.05, 0) is 26.7 Å².